The highest BCUT2D eigenvalue weighted by atomic mass is 35.5. The van der Waals surface area contributed by atoms with E-state index in [1.807, 2.05) is 0 Å². The van der Waals surface area contributed by atoms with E-state index in [0.717, 1.165) is 0 Å². The molecule has 0 spiro atoms. The summed E-state index contributed by atoms with van der Waals surface area (Å²) in [7, 11) is 1.41. The van der Waals surface area contributed by atoms with Crippen molar-refractivity contribution < 1.29 is 14.4 Å². The monoisotopic (exact) mass is 244 g/mol. The number of nitrogens with one attached hydrogen (secondary N) is 1. The van der Waals surface area contributed by atoms with E-state index in [0.29, 0.717) is 22.9 Å². The highest BCUT2D eigenvalue weighted by Crippen LogP contribution is 2.23. The van der Waals surface area contributed by atoms with Crippen molar-refractivity contribution in [3.05, 3.63) is 22.0 Å². The number of esters is 1. The van der Waals surface area contributed by atoms with Crippen LogP contribution in [0.2, 0.25) is 5.02 Å². The molecule has 6 heteroatoms. The molecule has 1 heterocycles. The van der Waals surface area contributed by atoms with Gasteiger partial charge in [0.1, 0.15) is 12.8 Å². The molecule has 0 radical (unpaired) electrons. The number of ether oxygens (including phenoxy) is 1. The maximum absolute atomic E-state index is 11.6. The number of carbonyl (C=O) groups is 1. The van der Waals surface area contributed by atoms with Gasteiger partial charge in [0.2, 0.25) is 0 Å². The van der Waals surface area contributed by atoms with Crippen LogP contribution in [0.3, 0.4) is 0 Å². The van der Waals surface area contributed by atoms with Gasteiger partial charge in [-0.25, -0.2) is 4.79 Å². The second kappa shape index (κ2) is 5.55. The molecule has 0 amide bonds. The summed E-state index contributed by atoms with van der Waals surface area (Å²) in [5.41, 5.74) is 1.44. The van der Waals surface area contributed by atoms with Gasteiger partial charge in [0.25, 0.3) is 0 Å². The quantitative estimate of drug-likeness (QED) is 0.501. The number of rotatable bonds is 4. The van der Waals surface area contributed by atoms with Gasteiger partial charge in [-0.05, 0) is 13.8 Å². The van der Waals surface area contributed by atoms with E-state index in [9.17, 15) is 4.79 Å². The fourth-order valence-electron chi connectivity index (χ4n) is 1.21. The lowest BCUT2D eigenvalue weighted by Gasteiger charge is -2.00. The molecule has 0 aromatic carbocycles. The van der Waals surface area contributed by atoms with Crippen LogP contribution in [-0.4, -0.2) is 30.9 Å². The Hall–Kier alpha value is -1.49. The van der Waals surface area contributed by atoms with Gasteiger partial charge in [-0.15, -0.1) is 0 Å². The van der Waals surface area contributed by atoms with Crippen molar-refractivity contribution in [1.29, 1.82) is 0 Å². The summed E-state index contributed by atoms with van der Waals surface area (Å²) in [6.07, 6.45) is 1.37. The van der Waals surface area contributed by atoms with Gasteiger partial charge < -0.3 is 14.6 Å². The molecule has 0 aliphatic carbocycles. The molecule has 0 bridgehead atoms. The summed E-state index contributed by atoms with van der Waals surface area (Å²) in [6.45, 7) is 3.79. The summed E-state index contributed by atoms with van der Waals surface area (Å²) in [6, 6.07) is 0. The van der Waals surface area contributed by atoms with E-state index in [1.165, 1.54) is 13.3 Å². The number of H-pyrrole nitrogens is 1. The maximum Gasteiger partial charge on any atom is 0.355 e. The zero-order valence-corrected chi connectivity index (χ0v) is 10.1. The third kappa shape index (κ3) is 2.55. The number of aryl methyl sites for hydroxylation is 1. The van der Waals surface area contributed by atoms with Gasteiger partial charge in [0.15, 0.2) is 0 Å². The maximum atomic E-state index is 11.6. The first-order valence-electron chi connectivity index (χ1n) is 4.73. The van der Waals surface area contributed by atoms with Gasteiger partial charge in [-0.3, -0.25) is 0 Å². The number of aromatic nitrogens is 1. The second-order valence-electron chi connectivity index (χ2n) is 2.99. The second-order valence-corrected chi connectivity index (χ2v) is 3.37. The average molecular weight is 245 g/mol. The molecular formula is C10H13ClN2O3. The smallest absolute Gasteiger partial charge is 0.355 e. The summed E-state index contributed by atoms with van der Waals surface area (Å²) >= 11 is 6.01. The summed E-state index contributed by atoms with van der Waals surface area (Å²) in [5.74, 6) is -0.463. The first kappa shape index (κ1) is 12.6. The Labute approximate surface area is 98.4 Å². The van der Waals surface area contributed by atoms with Crippen LogP contribution in [0, 0.1) is 6.92 Å². The summed E-state index contributed by atoms with van der Waals surface area (Å²) in [5, 5.41) is 4.02. The number of aromatic amines is 1. The van der Waals surface area contributed by atoms with Crippen LogP contribution < -0.4 is 0 Å². The van der Waals surface area contributed by atoms with Crippen molar-refractivity contribution in [2.75, 3.05) is 13.7 Å². The molecule has 0 saturated carbocycles. The molecule has 0 aliphatic rings. The Morgan fingerprint density at radius 2 is 2.31 bits per heavy atom. The number of oxime groups is 1. The molecule has 5 nitrogen and oxygen atoms in total. The fourth-order valence-corrected chi connectivity index (χ4v) is 1.40. The third-order valence-corrected chi connectivity index (χ3v) is 2.40. The molecule has 88 valence electrons. The van der Waals surface area contributed by atoms with Crippen LogP contribution in [0.1, 0.15) is 28.7 Å². The lowest BCUT2D eigenvalue weighted by Crippen LogP contribution is -2.07. The number of carbonyl (C=O) groups excluding carboxylic acids is 1. The Kier molecular flexibility index (Phi) is 4.37. The molecule has 16 heavy (non-hydrogen) atoms. The molecule has 1 N–H and O–H groups in total. The molecule has 0 atom stereocenters. The van der Waals surface area contributed by atoms with E-state index < -0.39 is 5.97 Å². The highest BCUT2D eigenvalue weighted by molar-refractivity contribution is 6.34. The lowest BCUT2D eigenvalue weighted by atomic mass is 10.2. The zero-order valence-electron chi connectivity index (χ0n) is 9.33. The van der Waals surface area contributed by atoms with Crippen molar-refractivity contribution in [3.63, 3.8) is 0 Å². The van der Waals surface area contributed by atoms with Gasteiger partial charge in [-0.1, -0.05) is 16.8 Å². The normalized spacial score (nSPS) is 10.8. The van der Waals surface area contributed by atoms with Crippen LogP contribution in [0.5, 0.6) is 0 Å². The summed E-state index contributed by atoms with van der Waals surface area (Å²) < 4.78 is 4.89. The van der Waals surface area contributed by atoms with Crippen LogP contribution >= 0.6 is 11.6 Å². The minimum absolute atomic E-state index is 0.283. The van der Waals surface area contributed by atoms with Gasteiger partial charge in [-0.2, -0.15) is 0 Å². The van der Waals surface area contributed by atoms with Gasteiger partial charge in [0, 0.05) is 11.3 Å². The minimum atomic E-state index is -0.463. The Balaban J connectivity index is 3.12. The zero-order chi connectivity index (χ0) is 12.1. The van der Waals surface area contributed by atoms with Crippen molar-refractivity contribution in [2.45, 2.75) is 13.8 Å². The SMILES string of the molecule is CCOC(=O)c1[nH]c(C)c(Cl)c1/C=N/OC. The predicted molar refractivity (Wildman–Crippen MR) is 61.1 cm³/mol. The molecule has 0 saturated heterocycles. The van der Waals surface area contributed by atoms with E-state index in [2.05, 4.69) is 15.0 Å². The first-order chi connectivity index (χ1) is 7.61. The molecule has 1 aromatic rings. The van der Waals surface area contributed by atoms with Gasteiger partial charge in [0.05, 0.1) is 17.8 Å². The topological polar surface area (TPSA) is 63.7 Å². The fraction of sp³-hybridized carbons (Fsp3) is 0.400. The molecule has 0 aliphatic heterocycles. The minimum Gasteiger partial charge on any atom is -0.461 e. The number of hydrogen-bond donors (Lipinski definition) is 1. The average Bonchev–Trinajstić information content (AvgIpc) is 2.54. The molecule has 1 aromatic heterocycles. The molecule has 0 unspecified atom stereocenters. The molecule has 1 rings (SSSR count). The van der Waals surface area contributed by atoms with Crippen LogP contribution in [0.15, 0.2) is 5.16 Å². The lowest BCUT2D eigenvalue weighted by molar-refractivity contribution is 0.0520. The van der Waals surface area contributed by atoms with E-state index in [1.54, 1.807) is 13.8 Å². The van der Waals surface area contributed by atoms with Crippen molar-refractivity contribution in [1.82, 2.24) is 4.98 Å². The summed E-state index contributed by atoms with van der Waals surface area (Å²) in [4.78, 5) is 19.0. The Morgan fingerprint density at radius 3 is 2.88 bits per heavy atom. The van der Waals surface area contributed by atoms with Crippen molar-refractivity contribution in [3.8, 4) is 0 Å². The number of nitrogens with zero attached hydrogens (tertiary/aromatic N) is 1. The highest BCUT2D eigenvalue weighted by Gasteiger charge is 2.19. The van der Waals surface area contributed by atoms with E-state index >= 15 is 0 Å². The van der Waals surface area contributed by atoms with Crippen LogP contribution in [0.25, 0.3) is 0 Å². The third-order valence-electron chi connectivity index (χ3n) is 1.91. The Bertz CT molecular complexity index is 412. The van der Waals surface area contributed by atoms with Crippen molar-refractivity contribution >= 4 is 23.8 Å². The van der Waals surface area contributed by atoms with Crippen LogP contribution in [-0.2, 0) is 9.57 Å². The van der Waals surface area contributed by atoms with E-state index in [-0.39, 0.29) is 5.69 Å². The number of hydrogen-bond acceptors (Lipinski definition) is 4. The molecule has 0 fully saturated rings. The number of halogens is 1. The predicted octanol–water partition coefficient (Wildman–Crippen LogP) is 2.13. The van der Waals surface area contributed by atoms with Crippen molar-refractivity contribution in [2.24, 2.45) is 5.16 Å². The molecular weight excluding hydrogens is 232 g/mol. The first-order valence-corrected chi connectivity index (χ1v) is 5.11. The van der Waals surface area contributed by atoms with Gasteiger partial charge >= 0.3 is 5.97 Å². The van der Waals surface area contributed by atoms with E-state index in [4.69, 9.17) is 16.3 Å². The standard InChI is InChI=1S/C10H13ClN2O3/c1-4-16-10(14)9-7(5-12-15-3)8(11)6(2)13-9/h5,13H,4H2,1-3H3/b12-5+. The largest absolute Gasteiger partial charge is 0.461 e. The Morgan fingerprint density at radius 1 is 1.62 bits per heavy atom. The van der Waals surface area contributed by atoms with Crippen LogP contribution in [0.4, 0.5) is 0 Å².